The summed E-state index contributed by atoms with van der Waals surface area (Å²) < 4.78 is 0. The number of aryl methyl sites for hydroxylation is 1. The number of hydrogen-bond donors (Lipinski definition) is 2. The molecule has 0 spiro atoms. The van der Waals surface area contributed by atoms with E-state index in [1.54, 1.807) is 11.8 Å². The van der Waals surface area contributed by atoms with Gasteiger partial charge in [0.05, 0.1) is 12.7 Å². The van der Waals surface area contributed by atoms with Crippen molar-refractivity contribution in [2.45, 2.75) is 47.2 Å². The minimum absolute atomic E-state index is 0.0266. The molecule has 0 bridgehead atoms. The molecule has 0 aliphatic heterocycles. The number of aromatic nitrogens is 1. The topological polar surface area (TPSA) is 66.7 Å². The zero-order valence-corrected chi connectivity index (χ0v) is 17.7. The van der Waals surface area contributed by atoms with Crippen LogP contribution in [0.5, 0.6) is 0 Å². The summed E-state index contributed by atoms with van der Waals surface area (Å²) >= 11 is 1.45. The monoisotopic (exact) mass is 389 g/mol. The zero-order chi connectivity index (χ0) is 20.1. The lowest BCUT2D eigenvalue weighted by Crippen LogP contribution is -3.09. The average molecular weight is 390 g/mol. The van der Waals surface area contributed by atoms with Crippen molar-refractivity contribution in [3.05, 3.63) is 40.4 Å². The van der Waals surface area contributed by atoms with E-state index in [-0.39, 0.29) is 17.9 Å². The fourth-order valence-electron chi connectivity index (χ4n) is 2.88. The third kappa shape index (κ3) is 5.61. The van der Waals surface area contributed by atoms with Gasteiger partial charge in [-0.05, 0) is 44.9 Å². The van der Waals surface area contributed by atoms with Gasteiger partial charge in [0, 0.05) is 18.3 Å². The Kier molecular flexibility index (Phi) is 7.10. The molecule has 0 saturated carbocycles. The van der Waals surface area contributed by atoms with Gasteiger partial charge in [0.2, 0.25) is 5.91 Å². The number of likely N-dealkylation sites (N-methyl/N-ethyl adjacent to an activating group) is 1. The van der Waals surface area contributed by atoms with E-state index in [4.69, 9.17) is 0 Å². The maximum Gasteiger partial charge on any atom is 0.275 e. The van der Waals surface area contributed by atoms with Crippen molar-refractivity contribution in [2.75, 3.05) is 18.5 Å². The number of amides is 2. The predicted octanol–water partition coefficient (Wildman–Crippen LogP) is 1.98. The number of thiazole rings is 1. The standard InChI is InChI=1S/C20H28N4O2S/c1-13(2)21-19(26)11-23(6)10-17-12-27-20(22-17)24(16(5)25)18-9-7-8-14(3)15(18)4/h7-9,12-13H,10-11H2,1-6H3,(H,21,26)/p+1. The van der Waals surface area contributed by atoms with E-state index in [1.807, 2.05) is 58.3 Å². The fraction of sp³-hybridized carbons (Fsp3) is 0.450. The first-order valence-corrected chi connectivity index (χ1v) is 9.99. The molecule has 2 N–H and O–H groups in total. The van der Waals surface area contributed by atoms with Gasteiger partial charge in [-0.1, -0.05) is 12.1 Å². The second-order valence-electron chi connectivity index (χ2n) is 7.23. The van der Waals surface area contributed by atoms with Crippen LogP contribution < -0.4 is 15.1 Å². The Morgan fingerprint density at radius 1 is 1.30 bits per heavy atom. The van der Waals surface area contributed by atoms with Crippen molar-refractivity contribution in [1.82, 2.24) is 10.3 Å². The smallest absolute Gasteiger partial charge is 0.275 e. The van der Waals surface area contributed by atoms with Crippen LogP contribution in [-0.2, 0) is 16.1 Å². The Bertz CT molecular complexity index is 816. The summed E-state index contributed by atoms with van der Waals surface area (Å²) in [6.07, 6.45) is 0. The minimum Gasteiger partial charge on any atom is -0.349 e. The van der Waals surface area contributed by atoms with Gasteiger partial charge in [-0.15, -0.1) is 11.3 Å². The molecule has 1 atom stereocenters. The van der Waals surface area contributed by atoms with E-state index in [2.05, 4.69) is 10.3 Å². The van der Waals surface area contributed by atoms with Crippen LogP contribution in [0.3, 0.4) is 0 Å². The molecule has 0 aliphatic rings. The quantitative estimate of drug-likeness (QED) is 0.761. The van der Waals surface area contributed by atoms with Crippen LogP contribution in [0, 0.1) is 13.8 Å². The van der Waals surface area contributed by atoms with Crippen molar-refractivity contribution >= 4 is 34.0 Å². The maximum atomic E-state index is 12.3. The maximum absolute atomic E-state index is 12.3. The largest absolute Gasteiger partial charge is 0.349 e. The highest BCUT2D eigenvalue weighted by Crippen LogP contribution is 2.32. The number of nitrogens with one attached hydrogen (secondary N) is 2. The van der Waals surface area contributed by atoms with Crippen molar-refractivity contribution < 1.29 is 14.5 Å². The molecule has 27 heavy (non-hydrogen) atoms. The summed E-state index contributed by atoms with van der Waals surface area (Å²) in [6.45, 7) is 10.5. The molecule has 0 radical (unpaired) electrons. The lowest BCUT2D eigenvalue weighted by molar-refractivity contribution is -0.885. The number of carbonyl (C=O) groups is 2. The summed E-state index contributed by atoms with van der Waals surface area (Å²) in [5, 5.41) is 5.52. The molecule has 1 heterocycles. The third-order valence-electron chi connectivity index (χ3n) is 4.26. The van der Waals surface area contributed by atoms with Gasteiger partial charge in [-0.3, -0.25) is 14.5 Å². The summed E-state index contributed by atoms with van der Waals surface area (Å²) in [6, 6.07) is 6.06. The predicted molar refractivity (Wildman–Crippen MR) is 110 cm³/mol. The van der Waals surface area contributed by atoms with Gasteiger partial charge in [-0.25, -0.2) is 4.98 Å². The van der Waals surface area contributed by atoms with Crippen LogP contribution in [0.1, 0.15) is 37.6 Å². The number of quaternary nitrogens is 1. The Morgan fingerprint density at radius 3 is 2.63 bits per heavy atom. The van der Waals surface area contributed by atoms with Crippen LogP contribution >= 0.6 is 11.3 Å². The molecule has 6 nitrogen and oxygen atoms in total. The molecular formula is C20H29N4O2S+. The number of nitrogens with zero attached hydrogens (tertiary/aromatic N) is 2. The van der Waals surface area contributed by atoms with Crippen LogP contribution in [0.25, 0.3) is 0 Å². The molecule has 146 valence electrons. The van der Waals surface area contributed by atoms with Crippen LogP contribution in [0.15, 0.2) is 23.6 Å². The Labute approximate surface area is 165 Å². The second-order valence-corrected chi connectivity index (χ2v) is 8.06. The summed E-state index contributed by atoms with van der Waals surface area (Å²) in [7, 11) is 1.96. The molecule has 0 aliphatic carbocycles. The number of carbonyl (C=O) groups excluding carboxylic acids is 2. The van der Waals surface area contributed by atoms with Crippen molar-refractivity contribution in [2.24, 2.45) is 0 Å². The van der Waals surface area contributed by atoms with Gasteiger partial charge in [0.15, 0.2) is 11.7 Å². The number of benzene rings is 1. The molecular weight excluding hydrogens is 360 g/mol. The highest BCUT2D eigenvalue weighted by Gasteiger charge is 2.21. The van der Waals surface area contributed by atoms with Crippen molar-refractivity contribution in [3.8, 4) is 0 Å². The van der Waals surface area contributed by atoms with E-state index < -0.39 is 0 Å². The Balaban J connectivity index is 2.15. The molecule has 2 amide bonds. The van der Waals surface area contributed by atoms with Crippen LogP contribution in [0.2, 0.25) is 0 Å². The average Bonchev–Trinajstić information content (AvgIpc) is 2.98. The van der Waals surface area contributed by atoms with Gasteiger partial charge in [0.1, 0.15) is 12.2 Å². The number of anilines is 2. The van der Waals surface area contributed by atoms with Crippen molar-refractivity contribution in [1.29, 1.82) is 0 Å². The van der Waals surface area contributed by atoms with Gasteiger partial charge < -0.3 is 10.2 Å². The molecule has 0 fully saturated rings. The second kappa shape index (κ2) is 9.10. The first-order valence-electron chi connectivity index (χ1n) is 9.11. The SMILES string of the molecule is CC(=O)N(c1nc(C[NH+](C)CC(=O)NC(C)C)cs1)c1cccc(C)c1C. The Hall–Kier alpha value is -2.25. The lowest BCUT2D eigenvalue weighted by Gasteiger charge is -2.21. The van der Waals surface area contributed by atoms with E-state index in [1.165, 1.54) is 11.3 Å². The van der Waals surface area contributed by atoms with E-state index >= 15 is 0 Å². The first-order chi connectivity index (χ1) is 12.7. The fourth-order valence-corrected chi connectivity index (χ4v) is 3.76. The van der Waals surface area contributed by atoms with E-state index in [0.717, 1.165) is 27.4 Å². The number of hydrogen-bond acceptors (Lipinski definition) is 4. The van der Waals surface area contributed by atoms with Gasteiger partial charge in [0.25, 0.3) is 5.91 Å². The number of rotatable bonds is 7. The van der Waals surface area contributed by atoms with Gasteiger partial charge in [-0.2, -0.15) is 0 Å². The van der Waals surface area contributed by atoms with Crippen LogP contribution in [-0.4, -0.2) is 36.4 Å². The molecule has 1 aromatic heterocycles. The Morgan fingerprint density at radius 2 is 2.00 bits per heavy atom. The molecule has 0 saturated heterocycles. The van der Waals surface area contributed by atoms with E-state index in [9.17, 15) is 9.59 Å². The highest BCUT2D eigenvalue weighted by molar-refractivity contribution is 7.14. The highest BCUT2D eigenvalue weighted by atomic mass is 32.1. The zero-order valence-electron chi connectivity index (χ0n) is 16.9. The van der Waals surface area contributed by atoms with Crippen molar-refractivity contribution in [3.63, 3.8) is 0 Å². The molecule has 1 aromatic carbocycles. The molecule has 1 unspecified atom stereocenters. The van der Waals surface area contributed by atoms with E-state index in [0.29, 0.717) is 18.2 Å². The van der Waals surface area contributed by atoms with Gasteiger partial charge >= 0.3 is 0 Å². The lowest BCUT2D eigenvalue weighted by atomic mass is 10.1. The molecule has 2 rings (SSSR count). The summed E-state index contributed by atoms with van der Waals surface area (Å²) in [5.74, 6) is -0.0414. The third-order valence-corrected chi connectivity index (χ3v) is 5.13. The van der Waals surface area contributed by atoms with Crippen LogP contribution in [0.4, 0.5) is 10.8 Å². The first kappa shape index (κ1) is 21.1. The normalized spacial score (nSPS) is 12.1. The molecule has 2 aromatic rings. The molecule has 7 heteroatoms. The summed E-state index contributed by atoms with van der Waals surface area (Å²) in [4.78, 5) is 31.6. The minimum atomic E-state index is -0.0680. The summed E-state index contributed by atoms with van der Waals surface area (Å²) in [5.41, 5.74) is 3.94.